The normalized spacial score (nSPS) is 10.2. The second-order valence-electron chi connectivity index (χ2n) is 3.46. The third-order valence-corrected chi connectivity index (χ3v) is 2.53. The van der Waals surface area contributed by atoms with Crippen LogP contribution in [-0.4, -0.2) is 10.8 Å². The predicted octanol–water partition coefficient (Wildman–Crippen LogP) is 2.52. The molecule has 0 saturated heterocycles. The molecule has 0 fully saturated rings. The van der Waals surface area contributed by atoms with Gasteiger partial charge >= 0.3 is 0 Å². The molecule has 0 bridgehead atoms. The molecule has 1 heterocycles. The molecule has 0 spiro atoms. The van der Waals surface area contributed by atoms with Gasteiger partial charge in [0.25, 0.3) is 0 Å². The number of hydrogen-bond acceptors (Lipinski definition) is 2. The molecule has 0 saturated carbocycles. The Morgan fingerprint density at radius 1 is 1.00 bits per heavy atom. The summed E-state index contributed by atoms with van der Waals surface area (Å²) in [5, 5.41) is 0. The molecule has 0 aliphatic carbocycles. The van der Waals surface area contributed by atoms with E-state index in [-0.39, 0.29) is 5.78 Å². The van der Waals surface area contributed by atoms with Gasteiger partial charge in [-0.2, -0.15) is 0 Å². The molecule has 2 nitrogen and oxygen atoms in total. The fourth-order valence-electron chi connectivity index (χ4n) is 1.64. The Morgan fingerprint density at radius 2 is 1.54 bits per heavy atom. The van der Waals surface area contributed by atoms with Gasteiger partial charge in [0.05, 0.1) is 0 Å². The third kappa shape index (κ3) is 1.62. The average Bonchev–Trinajstić information content (AvgIpc) is 1.99. The number of pyridine rings is 1. The van der Waals surface area contributed by atoms with Crippen LogP contribution in [0.2, 0.25) is 0 Å². The number of rotatable bonds is 1. The maximum atomic E-state index is 11.3. The lowest BCUT2D eigenvalue weighted by molar-refractivity contribution is 0.101. The third-order valence-electron chi connectivity index (χ3n) is 2.53. The van der Waals surface area contributed by atoms with E-state index in [1.807, 2.05) is 27.7 Å². The largest absolute Gasteiger partial charge is 0.294 e. The molecule has 0 atom stereocenters. The van der Waals surface area contributed by atoms with Crippen LogP contribution in [-0.2, 0) is 0 Å². The standard InChI is InChI=1S/C11H15NO/c1-6-7(2)11(10(5)13)9(4)12-8(6)3/h1-5H3. The van der Waals surface area contributed by atoms with E-state index < -0.39 is 0 Å². The van der Waals surface area contributed by atoms with Crippen molar-refractivity contribution in [1.82, 2.24) is 4.98 Å². The van der Waals surface area contributed by atoms with Crippen LogP contribution in [0.25, 0.3) is 0 Å². The first kappa shape index (κ1) is 9.90. The number of Topliss-reactive ketones (excluding diaryl/α,β-unsaturated/α-hetero) is 1. The molecule has 0 amide bonds. The molecule has 0 unspecified atom stereocenters. The van der Waals surface area contributed by atoms with E-state index >= 15 is 0 Å². The number of hydrogen-bond donors (Lipinski definition) is 0. The zero-order valence-electron chi connectivity index (χ0n) is 8.86. The Hall–Kier alpha value is -1.18. The highest BCUT2D eigenvalue weighted by Gasteiger charge is 2.12. The molecule has 1 aromatic rings. The van der Waals surface area contributed by atoms with Crippen molar-refractivity contribution in [2.75, 3.05) is 0 Å². The van der Waals surface area contributed by atoms with Gasteiger partial charge in [-0.05, 0) is 45.7 Å². The first-order valence-electron chi connectivity index (χ1n) is 4.40. The summed E-state index contributed by atoms with van der Waals surface area (Å²) in [6, 6.07) is 0. The molecule has 0 radical (unpaired) electrons. The van der Waals surface area contributed by atoms with Crippen LogP contribution in [0, 0.1) is 27.7 Å². The average molecular weight is 177 g/mol. The number of carbonyl (C=O) groups is 1. The Kier molecular flexibility index (Phi) is 2.50. The Morgan fingerprint density at radius 3 is 2.00 bits per heavy atom. The summed E-state index contributed by atoms with van der Waals surface area (Å²) in [6.07, 6.45) is 0. The van der Waals surface area contributed by atoms with Crippen LogP contribution in [0.3, 0.4) is 0 Å². The minimum atomic E-state index is 0.102. The van der Waals surface area contributed by atoms with Gasteiger partial charge in [0.15, 0.2) is 5.78 Å². The maximum Gasteiger partial charge on any atom is 0.161 e. The molecule has 13 heavy (non-hydrogen) atoms. The molecule has 0 aliphatic rings. The van der Waals surface area contributed by atoms with E-state index in [0.29, 0.717) is 0 Å². The van der Waals surface area contributed by atoms with Crippen LogP contribution < -0.4 is 0 Å². The lowest BCUT2D eigenvalue weighted by atomic mass is 9.99. The summed E-state index contributed by atoms with van der Waals surface area (Å²) in [6.45, 7) is 9.43. The minimum absolute atomic E-state index is 0.102. The van der Waals surface area contributed by atoms with E-state index in [2.05, 4.69) is 4.98 Å². The maximum absolute atomic E-state index is 11.3. The molecular formula is C11H15NO. The van der Waals surface area contributed by atoms with E-state index in [4.69, 9.17) is 0 Å². The molecule has 1 rings (SSSR count). The fraction of sp³-hybridized carbons (Fsp3) is 0.455. The quantitative estimate of drug-likeness (QED) is 0.617. The van der Waals surface area contributed by atoms with E-state index in [1.165, 1.54) is 0 Å². The van der Waals surface area contributed by atoms with Crippen molar-refractivity contribution in [2.45, 2.75) is 34.6 Å². The van der Waals surface area contributed by atoms with E-state index in [9.17, 15) is 4.79 Å². The highest BCUT2D eigenvalue weighted by Crippen LogP contribution is 2.18. The number of ketones is 1. The second-order valence-corrected chi connectivity index (χ2v) is 3.46. The monoisotopic (exact) mass is 177 g/mol. The first-order chi connectivity index (χ1) is 5.95. The van der Waals surface area contributed by atoms with Gasteiger partial charge < -0.3 is 0 Å². The lowest BCUT2D eigenvalue weighted by Crippen LogP contribution is -2.06. The summed E-state index contributed by atoms with van der Waals surface area (Å²) >= 11 is 0. The van der Waals surface area contributed by atoms with Gasteiger partial charge in [-0.15, -0.1) is 0 Å². The number of aromatic nitrogens is 1. The summed E-state index contributed by atoms with van der Waals surface area (Å²) in [5.41, 5.74) is 4.82. The van der Waals surface area contributed by atoms with E-state index in [0.717, 1.165) is 28.1 Å². The number of nitrogens with zero attached hydrogens (tertiary/aromatic N) is 1. The second kappa shape index (κ2) is 3.29. The fourth-order valence-corrected chi connectivity index (χ4v) is 1.64. The highest BCUT2D eigenvalue weighted by molar-refractivity contribution is 5.96. The van der Waals surface area contributed by atoms with Crippen LogP contribution in [0.1, 0.15) is 39.8 Å². The van der Waals surface area contributed by atoms with Crippen molar-refractivity contribution in [3.05, 3.63) is 28.1 Å². The van der Waals surface area contributed by atoms with Crippen molar-refractivity contribution < 1.29 is 4.79 Å². The predicted molar refractivity (Wildman–Crippen MR) is 53.2 cm³/mol. The van der Waals surface area contributed by atoms with Crippen molar-refractivity contribution in [1.29, 1.82) is 0 Å². The van der Waals surface area contributed by atoms with Crippen molar-refractivity contribution in [2.24, 2.45) is 0 Å². The van der Waals surface area contributed by atoms with Gasteiger partial charge in [0, 0.05) is 17.0 Å². The zero-order valence-corrected chi connectivity index (χ0v) is 8.86. The van der Waals surface area contributed by atoms with Crippen molar-refractivity contribution in [3.63, 3.8) is 0 Å². The Labute approximate surface area is 79.0 Å². The highest BCUT2D eigenvalue weighted by atomic mass is 16.1. The van der Waals surface area contributed by atoms with Crippen LogP contribution >= 0.6 is 0 Å². The SMILES string of the molecule is CC(=O)c1c(C)nc(C)c(C)c1C. The van der Waals surface area contributed by atoms with Gasteiger partial charge in [0.2, 0.25) is 0 Å². The summed E-state index contributed by atoms with van der Waals surface area (Å²) in [4.78, 5) is 15.6. The zero-order chi connectivity index (χ0) is 10.2. The van der Waals surface area contributed by atoms with Gasteiger partial charge in [-0.25, -0.2) is 0 Å². The minimum Gasteiger partial charge on any atom is -0.294 e. The molecule has 0 aliphatic heterocycles. The molecular weight excluding hydrogens is 162 g/mol. The topological polar surface area (TPSA) is 30.0 Å². The number of aryl methyl sites for hydroxylation is 2. The van der Waals surface area contributed by atoms with Crippen LogP contribution in [0.15, 0.2) is 0 Å². The first-order valence-corrected chi connectivity index (χ1v) is 4.40. The Balaban J connectivity index is 3.53. The van der Waals surface area contributed by atoms with Gasteiger partial charge in [0.1, 0.15) is 0 Å². The smallest absolute Gasteiger partial charge is 0.161 e. The summed E-state index contributed by atoms with van der Waals surface area (Å²) < 4.78 is 0. The number of carbonyl (C=O) groups excluding carboxylic acids is 1. The van der Waals surface area contributed by atoms with Crippen molar-refractivity contribution in [3.8, 4) is 0 Å². The van der Waals surface area contributed by atoms with Crippen molar-refractivity contribution >= 4 is 5.78 Å². The molecule has 0 N–H and O–H groups in total. The van der Waals surface area contributed by atoms with Gasteiger partial charge in [-0.1, -0.05) is 0 Å². The summed E-state index contributed by atoms with van der Waals surface area (Å²) in [7, 11) is 0. The van der Waals surface area contributed by atoms with E-state index in [1.54, 1.807) is 6.92 Å². The molecule has 1 aromatic heterocycles. The molecule has 2 heteroatoms. The summed E-state index contributed by atoms with van der Waals surface area (Å²) in [5.74, 6) is 0.102. The molecule has 70 valence electrons. The van der Waals surface area contributed by atoms with Gasteiger partial charge in [-0.3, -0.25) is 9.78 Å². The lowest BCUT2D eigenvalue weighted by Gasteiger charge is -2.10. The van der Waals surface area contributed by atoms with Crippen LogP contribution in [0.4, 0.5) is 0 Å². The molecule has 0 aromatic carbocycles. The Bertz CT molecular complexity index is 367. The van der Waals surface area contributed by atoms with Crippen LogP contribution in [0.5, 0.6) is 0 Å².